The number of methoxy groups -OCH3 is 1. The van der Waals surface area contributed by atoms with E-state index in [2.05, 4.69) is 10.1 Å². The zero-order valence-corrected chi connectivity index (χ0v) is 12.3. The van der Waals surface area contributed by atoms with Gasteiger partial charge in [-0.05, 0) is 26.7 Å². The van der Waals surface area contributed by atoms with Gasteiger partial charge in [-0.1, -0.05) is 19.3 Å². The molecule has 1 amide bonds. The third-order valence-corrected chi connectivity index (χ3v) is 3.61. The third kappa shape index (κ3) is 6.05. The van der Waals surface area contributed by atoms with Crippen LogP contribution in [0.25, 0.3) is 0 Å². The van der Waals surface area contributed by atoms with Crippen LogP contribution in [0.5, 0.6) is 0 Å². The smallest absolute Gasteiger partial charge is 0.319 e. The van der Waals surface area contributed by atoms with Crippen molar-refractivity contribution in [1.29, 1.82) is 0 Å². The van der Waals surface area contributed by atoms with E-state index in [1.54, 1.807) is 0 Å². The van der Waals surface area contributed by atoms with Gasteiger partial charge in [0.15, 0.2) is 0 Å². The van der Waals surface area contributed by atoms with Gasteiger partial charge in [-0.2, -0.15) is 0 Å². The van der Waals surface area contributed by atoms with Crippen molar-refractivity contribution < 1.29 is 14.3 Å². The number of carbonyl (C=O) groups is 2. The molecule has 0 unspecified atom stereocenters. The monoisotopic (exact) mass is 270 g/mol. The van der Waals surface area contributed by atoms with Crippen LogP contribution in [0.4, 0.5) is 0 Å². The maximum absolute atomic E-state index is 12.0. The lowest BCUT2D eigenvalue weighted by Gasteiger charge is -2.27. The van der Waals surface area contributed by atoms with Crippen molar-refractivity contribution >= 4 is 11.9 Å². The number of hydrogen-bond acceptors (Lipinski definition) is 4. The number of nitrogens with one attached hydrogen (secondary N) is 1. The van der Waals surface area contributed by atoms with Crippen LogP contribution in [0.1, 0.15) is 46.0 Å². The highest BCUT2D eigenvalue weighted by atomic mass is 16.5. The Labute approximate surface area is 115 Å². The summed E-state index contributed by atoms with van der Waals surface area (Å²) in [5.41, 5.74) is 0. The number of rotatable bonds is 6. The highest BCUT2D eigenvalue weighted by Gasteiger charge is 2.20. The van der Waals surface area contributed by atoms with Crippen LogP contribution in [0.2, 0.25) is 0 Å². The first kappa shape index (κ1) is 16.0. The van der Waals surface area contributed by atoms with Crippen LogP contribution in [0, 0.1) is 0 Å². The van der Waals surface area contributed by atoms with Crippen LogP contribution >= 0.6 is 0 Å². The minimum Gasteiger partial charge on any atom is -0.468 e. The molecule has 5 nitrogen and oxygen atoms in total. The van der Waals surface area contributed by atoms with Crippen molar-refractivity contribution in [3.63, 3.8) is 0 Å². The molecule has 0 bridgehead atoms. The largest absolute Gasteiger partial charge is 0.468 e. The fourth-order valence-electron chi connectivity index (χ4n) is 2.36. The van der Waals surface area contributed by atoms with Crippen LogP contribution in [0.3, 0.4) is 0 Å². The lowest BCUT2D eigenvalue weighted by Crippen LogP contribution is -2.46. The molecule has 1 rings (SSSR count). The molecular weight excluding hydrogens is 244 g/mol. The number of amides is 1. The first-order chi connectivity index (χ1) is 9.02. The van der Waals surface area contributed by atoms with Gasteiger partial charge >= 0.3 is 5.97 Å². The van der Waals surface area contributed by atoms with E-state index in [4.69, 9.17) is 0 Å². The summed E-state index contributed by atoms with van der Waals surface area (Å²) in [5.74, 6) is -0.302. The Morgan fingerprint density at radius 1 is 1.21 bits per heavy atom. The molecule has 1 aliphatic rings. The van der Waals surface area contributed by atoms with Crippen LogP contribution < -0.4 is 5.32 Å². The van der Waals surface area contributed by atoms with E-state index < -0.39 is 0 Å². The van der Waals surface area contributed by atoms with Crippen LogP contribution in [0.15, 0.2) is 0 Å². The summed E-state index contributed by atoms with van der Waals surface area (Å²) in [6, 6.07) is 0.449. The molecule has 0 aliphatic heterocycles. The Kier molecular flexibility index (Phi) is 6.84. The lowest BCUT2D eigenvalue weighted by molar-refractivity contribution is -0.142. The fraction of sp³-hybridized carbons (Fsp3) is 0.857. The normalized spacial score (nSPS) is 16.7. The van der Waals surface area contributed by atoms with Gasteiger partial charge in [-0.25, -0.2) is 0 Å². The molecule has 1 fully saturated rings. The summed E-state index contributed by atoms with van der Waals surface area (Å²) < 4.78 is 4.65. The van der Waals surface area contributed by atoms with Gasteiger partial charge in [0.1, 0.15) is 0 Å². The average Bonchev–Trinajstić information content (AvgIpc) is 2.38. The second kappa shape index (κ2) is 8.15. The molecule has 0 spiro atoms. The number of nitrogens with zero attached hydrogens (tertiary/aromatic N) is 1. The quantitative estimate of drug-likeness (QED) is 0.740. The Bertz CT molecular complexity index is 299. The van der Waals surface area contributed by atoms with E-state index in [1.807, 2.05) is 18.7 Å². The number of ether oxygens (including phenoxy) is 1. The minimum atomic E-state index is -0.306. The Morgan fingerprint density at radius 3 is 2.37 bits per heavy atom. The molecular formula is C14H26N2O3. The zero-order valence-electron chi connectivity index (χ0n) is 12.3. The van der Waals surface area contributed by atoms with Crippen molar-refractivity contribution in [2.75, 3.05) is 20.2 Å². The molecule has 1 saturated carbocycles. The number of esters is 1. The molecule has 19 heavy (non-hydrogen) atoms. The lowest BCUT2D eigenvalue weighted by atomic mass is 9.95. The van der Waals surface area contributed by atoms with Gasteiger partial charge < -0.3 is 10.1 Å². The summed E-state index contributed by atoms with van der Waals surface area (Å²) in [4.78, 5) is 25.1. The van der Waals surface area contributed by atoms with Crippen molar-refractivity contribution in [3.05, 3.63) is 0 Å². The summed E-state index contributed by atoms with van der Waals surface area (Å²) in [6.45, 7) is 4.35. The van der Waals surface area contributed by atoms with Crippen LogP contribution in [-0.4, -0.2) is 49.1 Å². The molecule has 0 aromatic rings. The molecule has 0 atom stereocenters. The predicted octanol–water partition coefficient (Wildman–Crippen LogP) is 1.32. The molecule has 0 radical (unpaired) electrons. The van der Waals surface area contributed by atoms with Crippen molar-refractivity contribution in [3.8, 4) is 0 Å². The summed E-state index contributed by atoms with van der Waals surface area (Å²) in [7, 11) is 1.36. The molecule has 0 heterocycles. The van der Waals surface area contributed by atoms with Gasteiger partial charge in [0.2, 0.25) is 5.91 Å². The second-order valence-corrected chi connectivity index (χ2v) is 5.48. The van der Waals surface area contributed by atoms with E-state index in [-0.39, 0.29) is 31.0 Å². The first-order valence-corrected chi connectivity index (χ1v) is 7.13. The Morgan fingerprint density at radius 2 is 1.84 bits per heavy atom. The maximum Gasteiger partial charge on any atom is 0.319 e. The topological polar surface area (TPSA) is 58.6 Å². The summed E-state index contributed by atoms with van der Waals surface area (Å²) in [5, 5.41) is 3.06. The highest BCUT2D eigenvalue weighted by molar-refractivity contribution is 5.79. The van der Waals surface area contributed by atoms with Gasteiger partial charge in [0.25, 0.3) is 0 Å². The Hall–Kier alpha value is -1.10. The van der Waals surface area contributed by atoms with E-state index in [1.165, 1.54) is 26.4 Å². The fourth-order valence-corrected chi connectivity index (χ4v) is 2.36. The predicted molar refractivity (Wildman–Crippen MR) is 73.7 cm³/mol. The minimum absolute atomic E-state index is 0.00417. The summed E-state index contributed by atoms with van der Waals surface area (Å²) >= 11 is 0. The number of carbonyl (C=O) groups excluding carboxylic acids is 2. The highest BCUT2D eigenvalue weighted by Crippen LogP contribution is 2.17. The summed E-state index contributed by atoms with van der Waals surface area (Å²) in [6.07, 6.45) is 5.81. The van der Waals surface area contributed by atoms with Crippen molar-refractivity contribution in [1.82, 2.24) is 10.2 Å². The SMILES string of the molecule is COC(=O)CN(CC(=O)NC1CCCCC1)C(C)C. The zero-order chi connectivity index (χ0) is 14.3. The second-order valence-electron chi connectivity index (χ2n) is 5.48. The third-order valence-electron chi connectivity index (χ3n) is 3.61. The molecule has 110 valence electrons. The van der Waals surface area contributed by atoms with E-state index in [0.717, 1.165) is 12.8 Å². The Balaban J connectivity index is 2.39. The maximum atomic E-state index is 12.0. The van der Waals surface area contributed by atoms with Gasteiger partial charge in [0, 0.05) is 12.1 Å². The number of hydrogen-bond donors (Lipinski definition) is 1. The molecule has 0 saturated heterocycles. The molecule has 1 N–H and O–H groups in total. The van der Waals surface area contributed by atoms with E-state index >= 15 is 0 Å². The van der Waals surface area contributed by atoms with E-state index in [0.29, 0.717) is 6.04 Å². The van der Waals surface area contributed by atoms with Crippen LogP contribution in [-0.2, 0) is 14.3 Å². The van der Waals surface area contributed by atoms with Gasteiger partial charge in [-0.3, -0.25) is 14.5 Å². The van der Waals surface area contributed by atoms with E-state index in [9.17, 15) is 9.59 Å². The van der Waals surface area contributed by atoms with Gasteiger partial charge in [-0.15, -0.1) is 0 Å². The molecule has 0 aromatic carbocycles. The van der Waals surface area contributed by atoms with Crippen molar-refractivity contribution in [2.45, 2.75) is 58.0 Å². The standard InChI is InChI=1S/C14H26N2O3/c1-11(2)16(10-14(18)19-3)9-13(17)15-12-7-5-4-6-8-12/h11-12H,4-10H2,1-3H3,(H,15,17). The molecule has 1 aliphatic carbocycles. The van der Waals surface area contributed by atoms with Gasteiger partial charge in [0.05, 0.1) is 20.2 Å². The average molecular weight is 270 g/mol. The van der Waals surface area contributed by atoms with Crippen molar-refractivity contribution in [2.24, 2.45) is 0 Å². The first-order valence-electron chi connectivity index (χ1n) is 7.13. The molecule has 0 aromatic heterocycles. The molecule has 5 heteroatoms.